The highest BCUT2D eigenvalue weighted by Crippen LogP contribution is 2.32. The first kappa shape index (κ1) is 22.6. The maximum atomic E-state index is 12.9. The number of aryl methyl sites for hydroxylation is 1. The Labute approximate surface area is 177 Å². The van der Waals surface area contributed by atoms with E-state index in [0.29, 0.717) is 11.6 Å². The molecule has 0 atom stereocenters. The van der Waals surface area contributed by atoms with Crippen molar-refractivity contribution in [1.29, 1.82) is 0 Å². The highest BCUT2D eigenvalue weighted by Gasteiger charge is 2.32. The number of alkyl halides is 3. The van der Waals surface area contributed by atoms with Crippen LogP contribution in [-0.2, 0) is 26.2 Å². The second-order valence-electron chi connectivity index (χ2n) is 6.55. The molecule has 0 spiro atoms. The van der Waals surface area contributed by atoms with Crippen LogP contribution in [-0.4, -0.2) is 16.8 Å². The zero-order valence-electron chi connectivity index (χ0n) is 16.0. The van der Waals surface area contributed by atoms with Crippen LogP contribution in [0.3, 0.4) is 0 Å². The van der Waals surface area contributed by atoms with Gasteiger partial charge in [0, 0.05) is 0 Å². The molecule has 0 amide bonds. The zero-order valence-corrected chi connectivity index (χ0v) is 17.6. The van der Waals surface area contributed by atoms with Crippen LogP contribution < -0.4 is 9.44 Å². The highest BCUT2D eigenvalue weighted by atomic mass is 32.2. The molecule has 31 heavy (non-hydrogen) atoms. The summed E-state index contributed by atoms with van der Waals surface area (Å²) in [7, 11) is -8.48. The van der Waals surface area contributed by atoms with Crippen LogP contribution in [0.5, 0.6) is 0 Å². The lowest BCUT2D eigenvalue weighted by atomic mass is 10.2. The third-order valence-corrected chi connectivity index (χ3v) is 7.16. The lowest BCUT2D eigenvalue weighted by Gasteiger charge is -2.16. The minimum atomic E-state index is -4.72. The Balaban J connectivity index is 1.95. The van der Waals surface area contributed by atoms with Gasteiger partial charge in [0.2, 0.25) is 0 Å². The third kappa shape index (κ3) is 5.17. The van der Waals surface area contributed by atoms with E-state index in [1.165, 1.54) is 30.3 Å². The van der Waals surface area contributed by atoms with Crippen LogP contribution in [0.15, 0.2) is 82.6 Å². The Hall–Kier alpha value is -3.05. The summed E-state index contributed by atoms with van der Waals surface area (Å²) >= 11 is 0. The van der Waals surface area contributed by atoms with Gasteiger partial charge in [-0.15, -0.1) is 0 Å². The van der Waals surface area contributed by atoms with Gasteiger partial charge in [-0.2, -0.15) is 13.2 Å². The minimum Gasteiger partial charge on any atom is -0.277 e. The van der Waals surface area contributed by atoms with Crippen molar-refractivity contribution in [3.8, 4) is 0 Å². The van der Waals surface area contributed by atoms with E-state index in [9.17, 15) is 30.0 Å². The lowest BCUT2D eigenvalue weighted by Crippen LogP contribution is -2.18. The molecule has 0 aliphatic heterocycles. The average molecular weight is 470 g/mol. The van der Waals surface area contributed by atoms with E-state index in [1.54, 1.807) is 25.1 Å². The summed E-state index contributed by atoms with van der Waals surface area (Å²) in [5.41, 5.74) is -0.862. The number of para-hydroxylation sites is 2. The minimum absolute atomic E-state index is 0.00513. The number of sulfonamides is 2. The fourth-order valence-corrected chi connectivity index (χ4v) is 5.21. The average Bonchev–Trinajstić information content (AvgIpc) is 2.69. The Morgan fingerprint density at radius 2 is 1.26 bits per heavy atom. The van der Waals surface area contributed by atoms with Crippen LogP contribution in [0.1, 0.15) is 11.1 Å². The topological polar surface area (TPSA) is 92.3 Å². The van der Waals surface area contributed by atoms with Gasteiger partial charge in [-0.05, 0) is 48.9 Å². The van der Waals surface area contributed by atoms with Gasteiger partial charge in [0.1, 0.15) is 0 Å². The maximum absolute atomic E-state index is 12.9. The molecule has 11 heteroatoms. The molecule has 3 rings (SSSR count). The summed E-state index contributed by atoms with van der Waals surface area (Å²) in [5, 5.41) is 0. The van der Waals surface area contributed by atoms with Crippen molar-refractivity contribution in [2.75, 3.05) is 9.44 Å². The quantitative estimate of drug-likeness (QED) is 0.550. The Morgan fingerprint density at radius 1 is 0.710 bits per heavy atom. The number of rotatable bonds is 6. The van der Waals surface area contributed by atoms with E-state index in [0.717, 1.165) is 18.2 Å². The van der Waals surface area contributed by atoms with Crippen molar-refractivity contribution in [2.45, 2.75) is 22.9 Å². The number of anilines is 2. The number of nitrogens with one attached hydrogen (secondary N) is 2. The van der Waals surface area contributed by atoms with Crippen LogP contribution in [0, 0.1) is 6.92 Å². The van der Waals surface area contributed by atoms with Crippen molar-refractivity contribution < 1.29 is 30.0 Å². The van der Waals surface area contributed by atoms with E-state index in [-0.39, 0.29) is 16.3 Å². The molecular weight excluding hydrogens is 453 g/mol. The first-order chi connectivity index (χ1) is 14.4. The summed E-state index contributed by atoms with van der Waals surface area (Å²) in [5.74, 6) is 0. The molecule has 0 saturated carbocycles. The summed E-state index contributed by atoms with van der Waals surface area (Å²) < 4.78 is 94.1. The summed E-state index contributed by atoms with van der Waals surface area (Å²) in [6.07, 6.45) is -4.72. The second-order valence-corrected chi connectivity index (χ2v) is 9.88. The van der Waals surface area contributed by atoms with E-state index in [2.05, 4.69) is 9.44 Å². The molecule has 0 heterocycles. The molecule has 2 N–H and O–H groups in total. The normalized spacial score (nSPS) is 12.4. The predicted octanol–water partition coefficient (Wildman–Crippen LogP) is 4.62. The Kier molecular flexibility index (Phi) is 6.01. The molecule has 0 saturated heterocycles. The molecule has 3 aromatic rings. The molecule has 0 unspecified atom stereocenters. The van der Waals surface area contributed by atoms with E-state index < -0.39 is 36.7 Å². The van der Waals surface area contributed by atoms with Crippen LogP contribution in [0.2, 0.25) is 0 Å². The molecule has 164 valence electrons. The first-order valence-corrected chi connectivity index (χ1v) is 11.7. The number of halogens is 3. The Morgan fingerprint density at radius 3 is 1.84 bits per heavy atom. The van der Waals surface area contributed by atoms with Crippen molar-refractivity contribution >= 4 is 31.4 Å². The number of hydrogen-bond acceptors (Lipinski definition) is 4. The zero-order chi connectivity index (χ0) is 22.9. The van der Waals surface area contributed by atoms with Crippen LogP contribution in [0.4, 0.5) is 24.5 Å². The van der Waals surface area contributed by atoms with Crippen molar-refractivity contribution in [2.24, 2.45) is 0 Å². The monoisotopic (exact) mass is 470 g/mol. The lowest BCUT2D eigenvalue weighted by molar-refractivity contribution is -0.137. The number of hydrogen-bond donors (Lipinski definition) is 2. The van der Waals surface area contributed by atoms with Gasteiger partial charge in [0.05, 0.1) is 26.7 Å². The van der Waals surface area contributed by atoms with Gasteiger partial charge in [-0.3, -0.25) is 9.44 Å². The van der Waals surface area contributed by atoms with Gasteiger partial charge in [-0.1, -0.05) is 36.4 Å². The fourth-order valence-electron chi connectivity index (χ4n) is 2.76. The van der Waals surface area contributed by atoms with Gasteiger partial charge < -0.3 is 0 Å². The van der Waals surface area contributed by atoms with E-state index in [4.69, 9.17) is 0 Å². The SMILES string of the molecule is Cc1ccccc1S(=O)(=O)Nc1ccccc1NS(=O)(=O)c1cccc(C(F)(F)F)c1. The van der Waals surface area contributed by atoms with Crippen molar-refractivity contribution in [1.82, 2.24) is 0 Å². The maximum Gasteiger partial charge on any atom is 0.416 e. The molecule has 0 fully saturated rings. The predicted molar refractivity (Wildman–Crippen MR) is 111 cm³/mol. The van der Waals surface area contributed by atoms with Gasteiger partial charge in [0.25, 0.3) is 20.0 Å². The van der Waals surface area contributed by atoms with Crippen molar-refractivity contribution in [3.63, 3.8) is 0 Å². The Bertz CT molecular complexity index is 1320. The van der Waals surface area contributed by atoms with E-state index in [1.807, 2.05) is 0 Å². The third-order valence-electron chi connectivity index (χ3n) is 4.27. The van der Waals surface area contributed by atoms with Gasteiger partial charge >= 0.3 is 6.18 Å². The van der Waals surface area contributed by atoms with Crippen LogP contribution >= 0.6 is 0 Å². The largest absolute Gasteiger partial charge is 0.416 e. The van der Waals surface area contributed by atoms with Gasteiger partial charge in [-0.25, -0.2) is 16.8 Å². The standard InChI is InChI=1S/C20H17F3N2O4S2/c1-14-7-2-5-12-19(14)31(28,29)25-18-11-4-3-10-17(18)24-30(26,27)16-9-6-8-15(13-16)20(21,22)23/h2-13,24-25H,1H3. The number of benzene rings is 3. The molecule has 6 nitrogen and oxygen atoms in total. The van der Waals surface area contributed by atoms with Crippen LogP contribution in [0.25, 0.3) is 0 Å². The summed E-state index contributed by atoms with van der Waals surface area (Å²) in [4.78, 5) is -0.607. The summed E-state index contributed by atoms with van der Waals surface area (Å²) in [6, 6.07) is 15.0. The smallest absolute Gasteiger partial charge is 0.277 e. The summed E-state index contributed by atoms with van der Waals surface area (Å²) in [6.45, 7) is 1.61. The fraction of sp³-hybridized carbons (Fsp3) is 0.100. The molecular formula is C20H17F3N2O4S2. The van der Waals surface area contributed by atoms with E-state index >= 15 is 0 Å². The first-order valence-electron chi connectivity index (χ1n) is 8.78. The molecule has 0 aromatic heterocycles. The second kappa shape index (κ2) is 8.23. The van der Waals surface area contributed by atoms with Gasteiger partial charge in [0.15, 0.2) is 0 Å². The molecule has 0 aliphatic carbocycles. The molecule has 0 aliphatic rings. The molecule has 0 radical (unpaired) electrons. The molecule has 3 aromatic carbocycles. The highest BCUT2D eigenvalue weighted by molar-refractivity contribution is 7.93. The van der Waals surface area contributed by atoms with Crippen molar-refractivity contribution in [3.05, 3.63) is 83.9 Å². The molecule has 0 bridgehead atoms.